The van der Waals surface area contributed by atoms with Gasteiger partial charge in [0.2, 0.25) is 0 Å². The van der Waals surface area contributed by atoms with Crippen LogP contribution < -0.4 is 0 Å². The largest absolute Gasteiger partial charge is 0.507 e. The third-order valence-electron chi connectivity index (χ3n) is 4.91. The van der Waals surface area contributed by atoms with Crippen LogP contribution in [0, 0.1) is 0 Å². The van der Waals surface area contributed by atoms with Crippen LogP contribution in [0.4, 0.5) is 0 Å². The van der Waals surface area contributed by atoms with Crippen LogP contribution >= 0.6 is 0 Å². The van der Waals surface area contributed by atoms with Crippen molar-refractivity contribution in [2.24, 2.45) is 0 Å². The standard InChI is InChI=1S/C23H20N4O2/c1-23(2,21-13-24-11-17(26-21)15-7-3-5-9-19(15)28)22-14-25-12-18(27-22)16-8-4-6-10-20(16)29/h3-14,28-29H,1-2H3. The Morgan fingerprint density at radius 1 is 0.621 bits per heavy atom. The number of para-hydroxylation sites is 2. The zero-order valence-electron chi connectivity index (χ0n) is 16.1. The van der Waals surface area contributed by atoms with Gasteiger partial charge in [-0.3, -0.25) is 9.97 Å². The van der Waals surface area contributed by atoms with E-state index in [1.165, 1.54) is 0 Å². The van der Waals surface area contributed by atoms with Gasteiger partial charge in [-0.1, -0.05) is 24.3 Å². The number of phenols is 2. The molecule has 0 unspecified atom stereocenters. The molecule has 29 heavy (non-hydrogen) atoms. The van der Waals surface area contributed by atoms with Gasteiger partial charge in [0.25, 0.3) is 0 Å². The summed E-state index contributed by atoms with van der Waals surface area (Å²) < 4.78 is 0. The summed E-state index contributed by atoms with van der Waals surface area (Å²) in [4.78, 5) is 18.1. The Bertz CT molecular complexity index is 1080. The van der Waals surface area contributed by atoms with Gasteiger partial charge in [0.15, 0.2) is 0 Å². The lowest BCUT2D eigenvalue weighted by molar-refractivity contribution is 0.476. The number of rotatable bonds is 4. The molecule has 0 fully saturated rings. The molecule has 0 aliphatic carbocycles. The summed E-state index contributed by atoms with van der Waals surface area (Å²) in [6, 6.07) is 14.1. The minimum atomic E-state index is -0.596. The van der Waals surface area contributed by atoms with Gasteiger partial charge in [-0.2, -0.15) is 0 Å². The van der Waals surface area contributed by atoms with Gasteiger partial charge < -0.3 is 10.2 Å². The predicted molar refractivity (Wildman–Crippen MR) is 110 cm³/mol. The molecule has 0 saturated carbocycles. The lowest BCUT2D eigenvalue weighted by Crippen LogP contribution is -2.23. The first-order valence-corrected chi connectivity index (χ1v) is 9.18. The van der Waals surface area contributed by atoms with Crippen LogP contribution in [-0.4, -0.2) is 30.1 Å². The summed E-state index contributed by atoms with van der Waals surface area (Å²) in [6.45, 7) is 3.98. The van der Waals surface area contributed by atoms with Gasteiger partial charge in [0, 0.05) is 23.5 Å². The van der Waals surface area contributed by atoms with Crippen LogP contribution in [0.25, 0.3) is 22.5 Å². The number of hydrogen-bond donors (Lipinski definition) is 2. The molecule has 4 rings (SSSR count). The van der Waals surface area contributed by atoms with Crippen LogP contribution in [0.15, 0.2) is 73.3 Å². The summed E-state index contributed by atoms with van der Waals surface area (Å²) in [5.41, 5.74) is 3.19. The van der Waals surface area contributed by atoms with Crippen LogP contribution in [-0.2, 0) is 5.41 Å². The van der Waals surface area contributed by atoms with Gasteiger partial charge in [0.1, 0.15) is 11.5 Å². The fourth-order valence-corrected chi connectivity index (χ4v) is 3.11. The molecule has 0 radical (unpaired) electrons. The Kier molecular flexibility index (Phi) is 4.68. The predicted octanol–water partition coefficient (Wildman–Crippen LogP) is 4.34. The van der Waals surface area contributed by atoms with Crippen molar-refractivity contribution in [3.8, 4) is 34.0 Å². The highest BCUT2D eigenvalue weighted by molar-refractivity contribution is 5.67. The maximum Gasteiger partial charge on any atom is 0.125 e. The lowest BCUT2D eigenvalue weighted by Gasteiger charge is -2.24. The third kappa shape index (κ3) is 3.52. The molecule has 6 heteroatoms. The number of aromatic hydroxyl groups is 2. The van der Waals surface area contributed by atoms with Crippen molar-refractivity contribution < 1.29 is 10.2 Å². The Morgan fingerprint density at radius 3 is 1.45 bits per heavy atom. The number of aromatic nitrogens is 4. The van der Waals surface area contributed by atoms with Gasteiger partial charge in [-0.25, -0.2) is 9.97 Å². The average molecular weight is 384 g/mol. The molecule has 0 amide bonds. The van der Waals surface area contributed by atoms with E-state index in [-0.39, 0.29) is 11.5 Å². The maximum absolute atomic E-state index is 10.1. The SMILES string of the molecule is CC(C)(c1cncc(-c2ccccc2O)n1)c1cncc(-c2ccccc2O)n1. The van der Waals surface area contributed by atoms with Gasteiger partial charge in [-0.15, -0.1) is 0 Å². The second-order valence-corrected chi connectivity index (χ2v) is 7.24. The summed E-state index contributed by atoms with van der Waals surface area (Å²) in [5.74, 6) is 0.302. The Labute approximate surface area is 168 Å². The molecule has 2 heterocycles. The zero-order valence-corrected chi connectivity index (χ0v) is 16.1. The summed E-state index contributed by atoms with van der Waals surface area (Å²) >= 11 is 0. The van der Waals surface area contributed by atoms with Crippen LogP contribution in [0.3, 0.4) is 0 Å². The van der Waals surface area contributed by atoms with E-state index in [9.17, 15) is 10.2 Å². The first-order valence-electron chi connectivity index (χ1n) is 9.18. The number of phenolic OH excluding ortho intramolecular Hbond substituents is 2. The smallest absolute Gasteiger partial charge is 0.125 e. The molecule has 0 spiro atoms. The molecular formula is C23H20N4O2. The number of benzene rings is 2. The van der Waals surface area contributed by atoms with Crippen molar-refractivity contribution in [1.82, 2.24) is 19.9 Å². The molecule has 0 saturated heterocycles. The van der Waals surface area contributed by atoms with Gasteiger partial charge >= 0.3 is 0 Å². The molecule has 2 aromatic carbocycles. The highest BCUT2D eigenvalue weighted by atomic mass is 16.3. The molecule has 0 bridgehead atoms. The van der Waals surface area contributed by atoms with Crippen molar-refractivity contribution in [2.75, 3.05) is 0 Å². The molecule has 144 valence electrons. The summed E-state index contributed by atoms with van der Waals surface area (Å²) in [5, 5.41) is 20.3. The van der Waals surface area contributed by atoms with E-state index >= 15 is 0 Å². The second-order valence-electron chi connectivity index (χ2n) is 7.24. The monoisotopic (exact) mass is 384 g/mol. The summed E-state index contributed by atoms with van der Waals surface area (Å²) in [6.07, 6.45) is 6.63. The molecule has 2 aromatic heterocycles. The van der Waals surface area contributed by atoms with Crippen molar-refractivity contribution in [3.05, 3.63) is 84.7 Å². The highest BCUT2D eigenvalue weighted by Crippen LogP contribution is 2.33. The first kappa shape index (κ1) is 18.6. The minimum absolute atomic E-state index is 0.151. The van der Waals surface area contributed by atoms with E-state index < -0.39 is 5.41 Å². The zero-order chi connectivity index (χ0) is 20.4. The number of hydrogen-bond acceptors (Lipinski definition) is 6. The Balaban J connectivity index is 1.77. The van der Waals surface area contributed by atoms with E-state index in [1.807, 2.05) is 26.0 Å². The Hall–Kier alpha value is -3.80. The molecule has 6 nitrogen and oxygen atoms in total. The first-order chi connectivity index (χ1) is 14.0. The van der Waals surface area contributed by atoms with Crippen LogP contribution in [0.2, 0.25) is 0 Å². The normalized spacial score (nSPS) is 11.4. The van der Waals surface area contributed by atoms with Crippen LogP contribution in [0.5, 0.6) is 11.5 Å². The lowest BCUT2D eigenvalue weighted by atomic mass is 9.85. The third-order valence-corrected chi connectivity index (χ3v) is 4.91. The fraction of sp³-hybridized carbons (Fsp3) is 0.130. The Morgan fingerprint density at radius 2 is 1.03 bits per heavy atom. The van der Waals surface area contributed by atoms with E-state index in [0.717, 1.165) is 0 Å². The number of nitrogens with zero attached hydrogens (tertiary/aromatic N) is 4. The van der Waals surface area contributed by atoms with Crippen LogP contribution in [0.1, 0.15) is 25.2 Å². The second kappa shape index (κ2) is 7.31. The van der Waals surface area contributed by atoms with Crippen molar-refractivity contribution in [1.29, 1.82) is 0 Å². The molecule has 0 aliphatic rings. The maximum atomic E-state index is 10.1. The highest BCUT2D eigenvalue weighted by Gasteiger charge is 2.28. The van der Waals surface area contributed by atoms with Gasteiger partial charge in [0.05, 0.1) is 40.6 Å². The van der Waals surface area contributed by atoms with Crippen molar-refractivity contribution in [3.63, 3.8) is 0 Å². The van der Waals surface area contributed by atoms with E-state index in [2.05, 4.69) is 9.97 Å². The van der Waals surface area contributed by atoms with E-state index in [1.54, 1.807) is 61.2 Å². The molecule has 4 aromatic rings. The molecule has 0 atom stereocenters. The summed E-state index contributed by atoms with van der Waals surface area (Å²) in [7, 11) is 0. The average Bonchev–Trinajstić information content (AvgIpc) is 2.74. The molecular weight excluding hydrogens is 364 g/mol. The van der Waals surface area contributed by atoms with E-state index in [4.69, 9.17) is 9.97 Å². The molecule has 0 aliphatic heterocycles. The van der Waals surface area contributed by atoms with Crippen molar-refractivity contribution in [2.45, 2.75) is 19.3 Å². The van der Waals surface area contributed by atoms with Crippen molar-refractivity contribution >= 4 is 0 Å². The topological polar surface area (TPSA) is 92.0 Å². The quantitative estimate of drug-likeness (QED) is 0.544. The van der Waals surface area contributed by atoms with Gasteiger partial charge in [-0.05, 0) is 38.1 Å². The fourth-order valence-electron chi connectivity index (χ4n) is 3.11. The molecule has 2 N–H and O–H groups in total. The van der Waals surface area contributed by atoms with E-state index in [0.29, 0.717) is 33.9 Å². The minimum Gasteiger partial charge on any atom is -0.507 e.